The fourth-order valence-electron chi connectivity index (χ4n) is 6.60. The maximum Gasteiger partial charge on any atom is 0.416 e. The summed E-state index contributed by atoms with van der Waals surface area (Å²) in [5, 5.41) is 8.04. The largest absolute Gasteiger partial charge is 0.416 e. The SMILES string of the molecule is O=C(Nc1cc(-c2cccnc2)cc(C(F)(F)F)c1)N1C2CCC1CC(OCc1c(-c3c(Cl)cccc3Cl)noc1C1CC1)C2. The molecule has 234 valence electrons. The molecular formula is C33H29Cl2F3N4O3. The van der Waals surface area contributed by atoms with Crippen molar-refractivity contribution < 1.29 is 27.2 Å². The lowest BCUT2D eigenvalue weighted by Crippen LogP contribution is -2.50. The van der Waals surface area contributed by atoms with E-state index >= 15 is 0 Å². The van der Waals surface area contributed by atoms with E-state index in [2.05, 4.69) is 15.5 Å². The molecule has 0 spiro atoms. The first-order valence-electron chi connectivity index (χ1n) is 14.9. The number of fused-ring (bicyclic) bond motifs is 2. The van der Waals surface area contributed by atoms with E-state index in [1.54, 1.807) is 47.5 Å². The molecule has 7 nitrogen and oxygen atoms in total. The van der Waals surface area contributed by atoms with Gasteiger partial charge >= 0.3 is 12.2 Å². The normalized spacial score (nSPS) is 21.3. The number of rotatable bonds is 7. The van der Waals surface area contributed by atoms with Gasteiger partial charge in [0.05, 0.1) is 28.3 Å². The lowest BCUT2D eigenvalue weighted by molar-refractivity contribution is -0.137. The van der Waals surface area contributed by atoms with Crippen LogP contribution < -0.4 is 5.32 Å². The molecule has 2 atom stereocenters. The highest BCUT2D eigenvalue weighted by molar-refractivity contribution is 6.39. The van der Waals surface area contributed by atoms with Crippen molar-refractivity contribution in [3.05, 3.63) is 87.9 Å². The molecule has 1 N–H and O–H groups in total. The third-order valence-corrected chi connectivity index (χ3v) is 9.49. The summed E-state index contributed by atoms with van der Waals surface area (Å²) in [5.41, 5.74) is 2.12. The van der Waals surface area contributed by atoms with Crippen LogP contribution in [-0.2, 0) is 17.5 Å². The van der Waals surface area contributed by atoms with Crippen LogP contribution in [0.15, 0.2) is 65.4 Å². The number of pyridine rings is 1. The van der Waals surface area contributed by atoms with E-state index in [9.17, 15) is 18.0 Å². The van der Waals surface area contributed by atoms with E-state index in [1.165, 1.54) is 6.20 Å². The van der Waals surface area contributed by atoms with Crippen molar-refractivity contribution in [2.75, 3.05) is 5.32 Å². The maximum absolute atomic E-state index is 13.8. The van der Waals surface area contributed by atoms with Crippen LogP contribution in [0, 0.1) is 0 Å². The summed E-state index contributed by atoms with van der Waals surface area (Å²) in [6, 6.07) is 11.6. The Bertz CT molecular complexity index is 1690. The van der Waals surface area contributed by atoms with Gasteiger partial charge in [-0.1, -0.05) is 40.5 Å². The Hall–Kier alpha value is -3.60. The van der Waals surface area contributed by atoms with Gasteiger partial charge in [0.25, 0.3) is 0 Å². The summed E-state index contributed by atoms with van der Waals surface area (Å²) in [5.74, 6) is 1.09. The van der Waals surface area contributed by atoms with Gasteiger partial charge in [0.15, 0.2) is 0 Å². The zero-order chi connectivity index (χ0) is 31.3. The summed E-state index contributed by atoms with van der Waals surface area (Å²) < 4.78 is 53.5. The number of ether oxygens (including phenoxy) is 1. The number of nitrogens with zero attached hydrogens (tertiary/aromatic N) is 3. The van der Waals surface area contributed by atoms with Crippen molar-refractivity contribution in [1.82, 2.24) is 15.0 Å². The third kappa shape index (κ3) is 6.15. The molecule has 1 saturated carbocycles. The maximum atomic E-state index is 13.8. The fraction of sp³-hybridized carbons (Fsp3) is 0.364. The van der Waals surface area contributed by atoms with E-state index in [4.69, 9.17) is 32.5 Å². The van der Waals surface area contributed by atoms with Crippen LogP contribution in [0.25, 0.3) is 22.4 Å². The molecule has 3 fully saturated rings. The first kappa shape index (κ1) is 30.1. The molecule has 2 aromatic carbocycles. The summed E-state index contributed by atoms with van der Waals surface area (Å²) in [6.07, 6.45) is 3.20. The van der Waals surface area contributed by atoms with Gasteiger partial charge in [-0.25, -0.2) is 4.79 Å². The molecule has 7 rings (SSSR count). The predicted octanol–water partition coefficient (Wildman–Crippen LogP) is 9.35. The molecule has 2 saturated heterocycles. The summed E-state index contributed by atoms with van der Waals surface area (Å²) >= 11 is 13.0. The number of amides is 2. The highest BCUT2D eigenvalue weighted by Gasteiger charge is 2.44. The van der Waals surface area contributed by atoms with Gasteiger partial charge in [-0.05, 0) is 80.5 Å². The van der Waals surface area contributed by atoms with Crippen LogP contribution in [0.3, 0.4) is 0 Å². The first-order valence-corrected chi connectivity index (χ1v) is 15.7. The van der Waals surface area contributed by atoms with E-state index in [1.807, 2.05) is 0 Å². The number of hydrogen-bond donors (Lipinski definition) is 1. The smallest absolute Gasteiger partial charge is 0.373 e. The van der Waals surface area contributed by atoms with Gasteiger partial charge in [0.1, 0.15) is 11.5 Å². The van der Waals surface area contributed by atoms with Gasteiger partial charge in [0, 0.05) is 52.8 Å². The molecule has 1 aliphatic carbocycles. The molecule has 45 heavy (non-hydrogen) atoms. The second-order valence-corrected chi connectivity index (χ2v) is 12.7. The Kier molecular flexibility index (Phi) is 8.00. The Morgan fingerprint density at radius 2 is 1.73 bits per heavy atom. The minimum atomic E-state index is -4.58. The number of aromatic nitrogens is 2. The quantitative estimate of drug-likeness (QED) is 0.214. The number of nitrogens with one attached hydrogen (secondary N) is 1. The van der Waals surface area contributed by atoms with Crippen LogP contribution in [0.4, 0.5) is 23.7 Å². The van der Waals surface area contributed by atoms with E-state index in [0.29, 0.717) is 51.2 Å². The lowest BCUT2D eigenvalue weighted by Gasteiger charge is -2.38. The predicted molar refractivity (Wildman–Crippen MR) is 164 cm³/mol. The van der Waals surface area contributed by atoms with Crippen LogP contribution in [-0.4, -0.2) is 39.3 Å². The molecule has 0 radical (unpaired) electrons. The minimum Gasteiger partial charge on any atom is -0.373 e. The fourth-order valence-corrected chi connectivity index (χ4v) is 7.17. The molecule has 12 heteroatoms. The number of carbonyl (C=O) groups excluding carboxylic acids is 1. The van der Waals surface area contributed by atoms with E-state index in [0.717, 1.165) is 49.1 Å². The number of alkyl halides is 3. The number of carbonyl (C=O) groups is 1. The molecule has 4 heterocycles. The Balaban J connectivity index is 1.06. The molecule has 3 aliphatic rings. The van der Waals surface area contributed by atoms with Crippen molar-refractivity contribution in [3.63, 3.8) is 0 Å². The highest BCUT2D eigenvalue weighted by Crippen LogP contribution is 2.47. The van der Waals surface area contributed by atoms with Gasteiger partial charge in [0.2, 0.25) is 0 Å². The Morgan fingerprint density at radius 3 is 2.38 bits per heavy atom. The number of benzene rings is 2. The van der Waals surface area contributed by atoms with Crippen LogP contribution >= 0.6 is 23.2 Å². The molecule has 2 bridgehead atoms. The van der Waals surface area contributed by atoms with Gasteiger partial charge in [-0.15, -0.1) is 0 Å². The number of anilines is 1. The van der Waals surface area contributed by atoms with Gasteiger partial charge < -0.3 is 19.5 Å². The number of urea groups is 1. The number of halogens is 5. The molecule has 2 amide bonds. The second kappa shape index (κ2) is 12.0. The average molecular weight is 658 g/mol. The zero-order valence-corrected chi connectivity index (χ0v) is 25.5. The van der Waals surface area contributed by atoms with Crippen LogP contribution in [0.1, 0.15) is 61.3 Å². The van der Waals surface area contributed by atoms with E-state index < -0.39 is 17.8 Å². The van der Waals surface area contributed by atoms with Crippen molar-refractivity contribution in [2.45, 2.75) is 75.4 Å². The summed E-state index contributed by atoms with van der Waals surface area (Å²) in [7, 11) is 0. The van der Waals surface area contributed by atoms with Crippen molar-refractivity contribution in [3.8, 4) is 22.4 Å². The number of piperidine rings is 1. The number of hydrogen-bond acceptors (Lipinski definition) is 5. The van der Waals surface area contributed by atoms with Crippen LogP contribution in [0.5, 0.6) is 0 Å². The van der Waals surface area contributed by atoms with Crippen molar-refractivity contribution in [2.24, 2.45) is 0 Å². The van der Waals surface area contributed by atoms with Gasteiger partial charge in [-0.3, -0.25) is 4.98 Å². The second-order valence-electron chi connectivity index (χ2n) is 11.9. The summed E-state index contributed by atoms with van der Waals surface area (Å²) in [4.78, 5) is 19.3. The van der Waals surface area contributed by atoms with Crippen molar-refractivity contribution >= 4 is 34.9 Å². The van der Waals surface area contributed by atoms with Crippen molar-refractivity contribution in [1.29, 1.82) is 0 Å². The van der Waals surface area contributed by atoms with E-state index in [-0.39, 0.29) is 30.5 Å². The average Bonchev–Trinajstić information content (AvgIpc) is 3.72. The van der Waals surface area contributed by atoms with Gasteiger partial charge in [-0.2, -0.15) is 13.2 Å². The molecule has 4 aromatic rings. The Labute approximate surface area is 267 Å². The topological polar surface area (TPSA) is 80.5 Å². The molecule has 2 unspecified atom stereocenters. The molecule has 2 aliphatic heterocycles. The lowest BCUT2D eigenvalue weighted by atomic mass is 9.99. The Morgan fingerprint density at radius 1 is 1.00 bits per heavy atom. The monoisotopic (exact) mass is 656 g/mol. The standard InChI is InChI=1S/C33H29Cl2F3N4O3/c34-27-4-1-5-28(35)29(27)30-26(31(45-41-30)18-6-7-18)17-44-25-14-23-8-9-24(15-25)42(23)32(43)40-22-12-20(19-3-2-10-39-16-19)11-21(13-22)33(36,37)38/h1-5,10-13,16,18,23-25H,6-9,14-15,17H2,(H,40,43). The zero-order valence-electron chi connectivity index (χ0n) is 24.0. The molecular weight excluding hydrogens is 628 g/mol. The molecule has 2 aromatic heterocycles. The van der Waals surface area contributed by atoms with Crippen LogP contribution in [0.2, 0.25) is 10.0 Å². The third-order valence-electron chi connectivity index (χ3n) is 8.86. The highest BCUT2D eigenvalue weighted by atomic mass is 35.5. The first-order chi connectivity index (χ1) is 21.7. The summed E-state index contributed by atoms with van der Waals surface area (Å²) in [6.45, 7) is 0.268. The minimum absolute atomic E-state index is 0.0808.